The number of anilines is 2. The van der Waals surface area contributed by atoms with Crippen LogP contribution >= 0.6 is 23.2 Å². The molecule has 0 radical (unpaired) electrons. The second kappa shape index (κ2) is 5.67. The van der Waals surface area contributed by atoms with Crippen molar-refractivity contribution in [2.24, 2.45) is 0 Å². The SMILES string of the molecule is Nc1cc(F)c(S(=O)(=O)Nc2ccc(Cl)c(Cl)c2)c(F)c1. The van der Waals surface area contributed by atoms with Gasteiger partial charge in [0.1, 0.15) is 11.6 Å². The Morgan fingerprint density at radius 1 is 1.00 bits per heavy atom. The Labute approximate surface area is 129 Å². The van der Waals surface area contributed by atoms with Crippen LogP contribution in [0, 0.1) is 11.6 Å². The number of nitrogens with two attached hydrogens (primary N) is 1. The molecule has 21 heavy (non-hydrogen) atoms. The summed E-state index contributed by atoms with van der Waals surface area (Å²) in [6, 6.07) is 5.30. The van der Waals surface area contributed by atoms with E-state index in [9.17, 15) is 17.2 Å². The van der Waals surface area contributed by atoms with Crippen LogP contribution in [0.5, 0.6) is 0 Å². The van der Waals surface area contributed by atoms with Crippen LogP contribution in [0.3, 0.4) is 0 Å². The fraction of sp³-hybridized carbons (Fsp3) is 0. The summed E-state index contributed by atoms with van der Waals surface area (Å²) in [5.74, 6) is -2.58. The van der Waals surface area contributed by atoms with Gasteiger partial charge in [0.05, 0.1) is 15.7 Å². The third kappa shape index (κ3) is 3.37. The summed E-state index contributed by atoms with van der Waals surface area (Å²) in [6.07, 6.45) is 0. The standard InChI is InChI=1S/C12H8Cl2F2N2O2S/c13-8-2-1-7(5-9(8)14)18-21(19,20)12-10(15)3-6(17)4-11(12)16/h1-5,18H,17H2. The Morgan fingerprint density at radius 2 is 1.57 bits per heavy atom. The Morgan fingerprint density at radius 3 is 2.10 bits per heavy atom. The van der Waals surface area contributed by atoms with Crippen molar-refractivity contribution in [3.8, 4) is 0 Å². The molecule has 0 heterocycles. The number of hydrogen-bond donors (Lipinski definition) is 2. The van der Waals surface area contributed by atoms with Gasteiger partial charge in [0.25, 0.3) is 10.0 Å². The summed E-state index contributed by atoms with van der Waals surface area (Å²) in [4.78, 5) is -1.12. The Kier molecular flexibility index (Phi) is 4.27. The molecular weight excluding hydrogens is 345 g/mol. The monoisotopic (exact) mass is 352 g/mol. The van der Waals surface area contributed by atoms with E-state index in [1.54, 1.807) is 0 Å². The largest absolute Gasteiger partial charge is 0.399 e. The van der Waals surface area contributed by atoms with Gasteiger partial charge in [0.15, 0.2) is 4.90 Å². The first-order valence-electron chi connectivity index (χ1n) is 5.43. The van der Waals surface area contributed by atoms with Gasteiger partial charge in [-0.1, -0.05) is 23.2 Å². The van der Waals surface area contributed by atoms with Gasteiger partial charge in [-0.25, -0.2) is 17.2 Å². The van der Waals surface area contributed by atoms with E-state index >= 15 is 0 Å². The van der Waals surface area contributed by atoms with Crippen LogP contribution in [-0.4, -0.2) is 8.42 Å². The first kappa shape index (κ1) is 15.8. The number of benzene rings is 2. The normalized spacial score (nSPS) is 11.4. The molecule has 0 aliphatic heterocycles. The lowest BCUT2D eigenvalue weighted by Crippen LogP contribution is -2.16. The van der Waals surface area contributed by atoms with E-state index in [4.69, 9.17) is 28.9 Å². The number of sulfonamides is 1. The number of nitrogen functional groups attached to an aromatic ring is 1. The van der Waals surface area contributed by atoms with E-state index < -0.39 is 26.6 Å². The minimum absolute atomic E-state index is 0.0139. The molecule has 0 aliphatic rings. The predicted octanol–water partition coefficient (Wildman–Crippen LogP) is 3.65. The van der Waals surface area contributed by atoms with Crippen LogP contribution in [0.4, 0.5) is 20.2 Å². The molecule has 2 rings (SSSR count). The van der Waals surface area contributed by atoms with Gasteiger partial charge in [-0.2, -0.15) is 0 Å². The fourth-order valence-electron chi connectivity index (χ4n) is 1.60. The van der Waals surface area contributed by atoms with Crippen LogP contribution < -0.4 is 10.5 Å². The molecule has 2 aromatic carbocycles. The Balaban J connectivity index is 2.46. The van der Waals surface area contributed by atoms with E-state index in [0.29, 0.717) is 12.1 Å². The number of hydrogen-bond acceptors (Lipinski definition) is 3. The van der Waals surface area contributed by atoms with Crippen LogP contribution in [0.15, 0.2) is 35.2 Å². The zero-order chi connectivity index (χ0) is 15.8. The molecule has 0 spiro atoms. The molecule has 0 saturated carbocycles. The first-order valence-corrected chi connectivity index (χ1v) is 7.67. The lowest BCUT2D eigenvalue weighted by Gasteiger charge is -2.11. The van der Waals surface area contributed by atoms with Gasteiger partial charge >= 0.3 is 0 Å². The van der Waals surface area contributed by atoms with Crippen molar-refractivity contribution in [2.75, 3.05) is 10.5 Å². The third-order valence-electron chi connectivity index (χ3n) is 2.46. The summed E-state index contributed by atoms with van der Waals surface area (Å²) in [7, 11) is -4.48. The molecule has 9 heteroatoms. The molecule has 0 fully saturated rings. The van der Waals surface area contributed by atoms with Gasteiger partial charge in [0.2, 0.25) is 0 Å². The molecule has 3 N–H and O–H groups in total. The average Bonchev–Trinajstić information content (AvgIpc) is 2.31. The topological polar surface area (TPSA) is 72.2 Å². The maximum atomic E-state index is 13.7. The minimum atomic E-state index is -4.48. The lowest BCUT2D eigenvalue weighted by atomic mass is 10.3. The van der Waals surface area contributed by atoms with Gasteiger partial charge in [-0.15, -0.1) is 0 Å². The van der Waals surface area contributed by atoms with E-state index in [1.165, 1.54) is 18.2 Å². The summed E-state index contributed by atoms with van der Waals surface area (Å²) >= 11 is 11.4. The highest BCUT2D eigenvalue weighted by Gasteiger charge is 2.25. The molecule has 0 atom stereocenters. The number of rotatable bonds is 3. The zero-order valence-corrected chi connectivity index (χ0v) is 12.5. The Hall–Kier alpha value is -1.57. The maximum Gasteiger partial charge on any atom is 0.267 e. The van der Waals surface area contributed by atoms with Crippen LogP contribution in [0.1, 0.15) is 0 Å². The molecule has 0 amide bonds. The van der Waals surface area contributed by atoms with Gasteiger partial charge in [-0.3, -0.25) is 4.72 Å². The molecule has 0 bridgehead atoms. The van der Waals surface area contributed by atoms with E-state index in [2.05, 4.69) is 0 Å². The molecule has 112 valence electrons. The van der Waals surface area contributed by atoms with Crippen molar-refractivity contribution in [3.05, 3.63) is 52.0 Å². The van der Waals surface area contributed by atoms with Crippen molar-refractivity contribution in [2.45, 2.75) is 4.90 Å². The van der Waals surface area contributed by atoms with E-state index in [1.807, 2.05) is 4.72 Å². The van der Waals surface area contributed by atoms with Gasteiger partial charge in [0, 0.05) is 5.69 Å². The third-order valence-corrected chi connectivity index (χ3v) is 4.63. The molecule has 0 aromatic heterocycles. The van der Waals surface area contributed by atoms with Crippen molar-refractivity contribution >= 4 is 44.6 Å². The highest BCUT2D eigenvalue weighted by molar-refractivity contribution is 7.92. The molecule has 4 nitrogen and oxygen atoms in total. The number of halogens is 4. The average molecular weight is 353 g/mol. The quantitative estimate of drug-likeness (QED) is 0.828. The summed E-state index contributed by atoms with van der Waals surface area (Å²) < 4.78 is 53.4. The van der Waals surface area contributed by atoms with Gasteiger partial charge < -0.3 is 5.73 Å². The zero-order valence-electron chi connectivity index (χ0n) is 10.2. The van der Waals surface area contributed by atoms with Crippen LogP contribution in [0.2, 0.25) is 10.0 Å². The molecule has 2 aromatic rings. The summed E-state index contributed by atoms with van der Waals surface area (Å²) in [6.45, 7) is 0. The first-order chi connectivity index (χ1) is 9.70. The highest BCUT2D eigenvalue weighted by Crippen LogP contribution is 2.28. The molecule has 0 aliphatic carbocycles. The molecule has 0 saturated heterocycles. The second-order valence-corrected chi connectivity index (χ2v) is 6.48. The fourth-order valence-corrected chi connectivity index (χ4v) is 3.07. The van der Waals surface area contributed by atoms with Crippen LogP contribution in [-0.2, 0) is 10.0 Å². The highest BCUT2D eigenvalue weighted by atomic mass is 35.5. The predicted molar refractivity (Wildman–Crippen MR) is 78.0 cm³/mol. The summed E-state index contributed by atoms with van der Waals surface area (Å²) in [5.41, 5.74) is 5.02. The van der Waals surface area contributed by atoms with Crippen molar-refractivity contribution in [1.29, 1.82) is 0 Å². The molecular formula is C12H8Cl2F2N2O2S. The smallest absolute Gasteiger partial charge is 0.267 e. The van der Waals surface area contributed by atoms with Crippen molar-refractivity contribution in [1.82, 2.24) is 0 Å². The van der Waals surface area contributed by atoms with Crippen molar-refractivity contribution < 1.29 is 17.2 Å². The lowest BCUT2D eigenvalue weighted by molar-refractivity contribution is 0.522. The minimum Gasteiger partial charge on any atom is -0.399 e. The maximum absolute atomic E-state index is 13.7. The second-order valence-electron chi connectivity index (χ2n) is 4.05. The van der Waals surface area contributed by atoms with Crippen molar-refractivity contribution in [3.63, 3.8) is 0 Å². The molecule has 0 unspecified atom stereocenters. The van der Waals surface area contributed by atoms with E-state index in [0.717, 1.165) is 0 Å². The Bertz CT molecular complexity index is 790. The van der Waals surface area contributed by atoms with E-state index in [-0.39, 0.29) is 21.4 Å². The van der Waals surface area contributed by atoms with Crippen LogP contribution in [0.25, 0.3) is 0 Å². The number of nitrogens with one attached hydrogen (secondary N) is 1. The van der Waals surface area contributed by atoms with Gasteiger partial charge in [-0.05, 0) is 30.3 Å². The summed E-state index contributed by atoms with van der Waals surface area (Å²) in [5, 5.41) is 0.305.